The number of benzene rings is 1. The third kappa shape index (κ3) is 5.67. The van der Waals surface area contributed by atoms with Crippen molar-refractivity contribution in [2.24, 2.45) is 20.0 Å². The minimum absolute atomic E-state index is 0.518. The fourth-order valence-electron chi connectivity index (χ4n) is 5.36. The van der Waals surface area contributed by atoms with E-state index in [4.69, 9.17) is 28.2 Å². The van der Waals surface area contributed by atoms with Gasteiger partial charge in [-0.3, -0.25) is 4.68 Å². The van der Waals surface area contributed by atoms with Crippen molar-refractivity contribution >= 4 is 46.0 Å². The van der Waals surface area contributed by atoms with Gasteiger partial charge < -0.3 is 9.80 Å². The van der Waals surface area contributed by atoms with Gasteiger partial charge in [-0.25, -0.2) is 4.98 Å². The second-order valence-electron chi connectivity index (χ2n) is 9.95. The van der Waals surface area contributed by atoms with Crippen LogP contribution in [0.25, 0.3) is 11.0 Å². The first-order valence-electron chi connectivity index (χ1n) is 12.8. The highest BCUT2D eigenvalue weighted by Gasteiger charge is 2.24. The number of nitrogens with zero attached hydrogens (tertiary/aromatic N) is 9. The highest BCUT2D eigenvalue weighted by atomic mass is 35.5. The molecule has 1 aliphatic carbocycles. The van der Waals surface area contributed by atoms with Crippen molar-refractivity contribution in [3.05, 3.63) is 51.1 Å². The van der Waals surface area contributed by atoms with Crippen LogP contribution < -0.4 is 9.80 Å². The molecule has 0 atom stereocenters. The molecule has 0 radical (unpaired) electrons. The van der Waals surface area contributed by atoms with Crippen LogP contribution in [0.4, 0.5) is 11.8 Å². The van der Waals surface area contributed by atoms with Gasteiger partial charge in [-0.15, -0.1) is 5.10 Å². The SMILES string of the molecule is CCN(CC1CCCC1)c1nc2c(cc1CN(Cc1cc(Cl)cc(Cl)c1)c1nnn(C)n1)c(C)nn2C. The lowest BCUT2D eigenvalue weighted by molar-refractivity contribution is 0.532. The number of aryl methyl sites for hydroxylation is 3. The molecule has 3 aromatic heterocycles. The van der Waals surface area contributed by atoms with Crippen molar-refractivity contribution in [3.63, 3.8) is 0 Å². The number of pyridine rings is 1. The van der Waals surface area contributed by atoms with Gasteiger partial charge in [0.15, 0.2) is 5.65 Å². The Bertz CT molecular complexity index is 1370. The number of rotatable bonds is 9. The summed E-state index contributed by atoms with van der Waals surface area (Å²) in [6.07, 6.45) is 5.20. The zero-order valence-corrected chi connectivity index (χ0v) is 23.3. The Morgan fingerprint density at radius 3 is 2.35 bits per heavy atom. The van der Waals surface area contributed by atoms with Crippen molar-refractivity contribution < 1.29 is 0 Å². The minimum atomic E-state index is 0.518. The van der Waals surface area contributed by atoms with Gasteiger partial charge in [0.1, 0.15) is 5.82 Å². The Hall–Kier alpha value is -2.91. The van der Waals surface area contributed by atoms with Crippen LogP contribution in [0.15, 0.2) is 24.3 Å². The fourth-order valence-corrected chi connectivity index (χ4v) is 5.93. The van der Waals surface area contributed by atoms with Gasteiger partial charge in [-0.05, 0) is 67.6 Å². The summed E-state index contributed by atoms with van der Waals surface area (Å²) < 4.78 is 1.87. The van der Waals surface area contributed by atoms with E-state index in [0.29, 0.717) is 35.0 Å². The molecule has 5 rings (SSSR count). The van der Waals surface area contributed by atoms with Crippen LogP contribution >= 0.6 is 23.2 Å². The first kappa shape index (κ1) is 25.7. The van der Waals surface area contributed by atoms with Gasteiger partial charge >= 0.3 is 0 Å². The Labute approximate surface area is 227 Å². The van der Waals surface area contributed by atoms with E-state index in [0.717, 1.165) is 46.8 Å². The molecule has 4 aromatic rings. The van der Waals surface area contributed by atoms with Crippen LogP contribution in [-0.2, 0) is 27.2 Å². The molecule has 1 saturated carbocycles. The molecule has 0 bridgehead atoms. The van der Waals surface area contributed by atoms with E-state index in [2.05, 4.69) is 43.3 Å². The smallest absolute Gasteiger partial charge is 0.266 e. The highest BCUT2D eigenvalue weighted by molar-refractivity contribution is 6.34. The van der Waals surface area contributed by atoms with Crippen LogP contribution in [0.1, 0.15) is 49.4 Å². The maximum absolute atomic E-state index is 6.32. The Morgan fingerprint density at radius 1 is 0.973 bits per heavy atom. The quantitative estimate of drug-likeness (QED) is 0.283. The molecular formula is C26H33Cl2N9. The van der Waals surface area contributed by atoms with E-state index in [9.17, 15) is 0 Å². The maximum Gasteiger partial charge on any atom is 0.266 e. The predicted octanol–water partition coefficient (Wildman–Crippen LogP) is 5.33. The van der Waals surface area contributed by atoms with E-state index in [1.54, 1.807) is 13.1 Å². The average molecular weight is 543 g/mol. The molecule has 11 heteroatoms. The molecule has 37 heavy (non-hydrogen) atoms. The number of hydrogen-bond acceptors (Lipinski definition) is 7. The Balaban J connectivity index is 1.57. The average Bonchev–Trinajstić information content (AvgIpc) is 3.58. The van der Waals surface area contributed by atoms with Crippen LogP contribution in [0, 0.1) is 12.8 Å². The molecule has 0 N–H and O–H groups in total. The van der Waals surface area contributed by atoms with Gasteiger partial charge in [0.25, 0.3) is 5.95 Å². The van der Waals surface area contributed by atoms with E-state index in [1.807, 2.05) is 30.8 Å². The topological polar surface area (TPSA) is 80.8 Å². The van der Waals surface area contributed by atoms with Gasteiger partial charge in [0.2, 0.25) is 0 Å². The molecule has 0 spiro atoms. The second-order valence-corrected chi connectivity index (χ2v) is 10.8. The Kier molecular flexibility index (Phi) is 7.53. The van der Waals surface area contributed by atoms with Gasteiger partial charge in [0, 0.05) is 54.2 Å². The number of tetrazole rings is 1. The largest absolute Gasteiger partial charge is 0.356 e. The molecule has 1 fully saturated rings. The number of fused-ring (bicyclic) bond motifs is 1. The number of aromatic nitrogens is 7. The zero-order chi connectivity index (χ0) is 26.1. The molecule has 1 aromatic carbocycles. The molecule has 196 valence electrons. The lowest BCUT2D eigenvalue weighted by atomic mass is 10.1. The standard InChI is InChI=1S/C26H33Cl2N9/c1-5-36(14-18-8-6-7-9-18)24-20(12-23-17(2)31-34(3)25(23)29-24)16-37(26-30-33-35(4)32-26)15-19-10-21(27)13-22(28)11-19/h10-13,18H,5-9,14-16H2,1-4H3. The molecule has 0 saturated heterocycles. The van der Waals surface area contributed by atoms with Crippen molar-refractivity contribution in [1.29, 1.82) is 0 Å². The molecule has 0 amide bonds. The number of halogens is 2. The summed E-state index contributed by atoms with van der Waals surface area (Å²) in [5.41, 5.74) is 3.93. The van der Waals surface area contributed by atoms with E-state index in [-0.39, 0.29) is 0 Å². The summed E-state index contributed by atoms with van der Waals surface area (Å²) in [6.45, 7) is 7.18. The van der Waals surface area contributed by atoms with E-state index in [1.165, 1.54) is 30.5 Å². The first-order valence-corrected chi connectivity index (χ1v) is 13.6. The van der Waals surface area contributed by atoms with Crippen molar-refractivity contribution in [1.82, 2.24) is 35.0 Å². The normalized spacial score (nSPS) is 14.1. The summed E-state index contributed by atoms with van der Waals surface area (Å²) >= 11 is 12.6. The van der Waals surface area contributed by atoms with Crippen LogP contribution in [-0.4, -0.2) is 48.1 Å². The van der Waals surface area contributed by atoms with Crippen LogP contribution in [0.2, 0.25) is 10.0 Å². The molecule has 1 aliphatic rings. The van der Waals surface area contributed by atoms with Crippen LogP contribution in [0.3, 0.4) is 0 Å². The van der Waals surface area contributed by atoms with E-state index >= 15 is 0 Å². The monoisotopic (exact) mass is 541 g/mol. The first-order chi connectivity index (χ1) is 17.8. The van der Waals surface area contributed by atoms with Crippen molar-refractivity contribution in [3.8, 4) is 0 Å². The van der Waals surface area contributed by atoms with Gasteiger partial charge in [0.05, 0.1) is 12.7 Å². The molecular weight excluding hydrogens is 509 g/mol. The lowest BCUT2D eigenvalue weighted by Gasteiger charge is -2.29. The molecule has 9 nitrogen and oxygen atoms in total. The van der Waals surface area contributed by atoms with Crippen LogP contribution in [0.5, 0.6) is 0 Å². The Morgan fingerprint density at radius 2 is 1.70 bits per heavy atom. The predicted molar refractivity (Wildman–Crippen MR) is 148 cm³/mol. The zero-order valence-electron chi connectivity index (χ0n) is 21.8. The van der Waals surface area contributed by atoms with Gasteiger partial charge in [-0.2, -0.15) is 9.90 Å². The number of hydrogen-bond donors (Lipinski definition) is 0. The molecule has 0 aliphatic heterocycles. The summed E-state index contributed by atoms with van der Waals surface area (Å²) in [6, 6.07) is 7.80. The van der Waals surface area contributed by atoms with E-state index < -0.39 is 0 Å². The summed E-state index contributed by atoms with van der Waals surface area (Å²) in [5, 5.41) is 19.8. The van der Waals surface area contributed by atoms with Crippen molar-refractivity contribution in [2.45, 2.75) is 52.6 Å². The summed E-state index contributed by atoms with van der Waals surface area (Å²) in [7, 11) is 3.72. The third-order valence-electron chi connectivity index (χ3n) is 7.13. The lowest BCUT2D eigenvalue weighted by Crippen LogP contribution is -2.32. The summed E-state index contributed by atoms with van der Waals surface area (Å²) in [4.78, 5) is 11.2. The molecule has 0 unspecified atom stereocenters. The fraction of sp³-hybridized carbons (Fsp3) is 0.500. The highest BCUT2D eigenvalue weighted by Crippen LogP contribution is 2.32. The van der Waals surface area contributed by atoms with Gasteiger partial charge in [-0.1, -0.05) is 41.1 Å². The molecule has 3 heterocycles. The van der Waals surface area contributed by atoms with Crippen molar-refractivity contribution in [2.75, 3.05) is 22.9 Å². The second kappa shape index (κ2) is 10.8. The maximum atomic E-state index is 6.32. The summed E-state index contributed by atoms with van der Waals surface area (Å²) in [5.74, 6) is 2.22. The third-order valence-corrected chi connectivity index (χ3v) is 7.56. The number of anilines is 2. The minimum Gasteiger partial charge on any atom is -0.356 e.